The Bertz CT molecular complexity index is 1020. The van der Waals surface area contributed by atoms with Gasteiger partial charge in [0.2, 0.25) is 5.91 Å². The van der Waals surface area contributed by atoms with Gasteiger partial charge in [-0.2, -0.15) is 0 Å². The number of anilines is 1. The number of benzene rings is 1. The summed E-state index contributed by atoms with van der Waals surface area (Å²) in [4.78, 5) is 34.4. The fourth-order valence-corrected chi connectivity index (χ4v) is 4.05. The number of amides is 1. The number of carbonyl (C=O) groups excluding carboxylic acids is 1. The van der Waals surface area contributed by atoms with E-state index < -0.39 is 0 Å². The zero-order valence-electron chi connectivity index (χ0n) is 16.2. The van der Waals surface area contributed by atoms with Crippen LogP contribution >= 0.6 is 11.3 Å². The number of hydrogen-bond donors (Lipinski definition) is 0. The van der Waals surface area contributed by atoms with Crippen LogP contribution in [0.25, 0.3) is 10.6 Å². The number of hydrogen-bond acceptors (Lipinski definition) is 6. The van der Waals surface area contributed by atoms with Gasteiger partial charge >= 0.3 is 0 Å². The van der Waals surface area contributed by atoms with Crippen molar-refractivity contribution in [2.24, 2.45) is 0 Å². The maximum absolute atomic E-state index is 12.7. The van der Waals surface area contributed by atoms with Gasteiger partial charge in [0.1, 0.15) is 12.3 Å². The Labute approximate surface area is 172 Å². The topological polar surface area (TPSA) is 67.7 Å². The Morgan fingerprint density at radius 3 is 2.52 bits per heavy atom. The number of nitrogens with zero attached hydrogens (tertiary/aromatic N) is 4. The van der Waals surface area contributed by atoms with Crippen LogP contribution < -0.4 is 15.2 Å². The summed E-state index contributed by atoms with van der Waals surface area (Å²) in [6, 6.07) is 13.2. The molecule has 1 aliphatic rings. The molecule has 0 atom stereocenters. The molecule has 0 bridgehead atoms. The molecule has 0 radical (unpaired) electrons. The summed E-state index contributed by atoms with van der Waals surface area (Å²) in [7, 11) is 1.65. The smallest absolute Gasteiger partial charge is 0.254 e. The van der Waals surface area contributed by atoms with Gasteiger partial charge in [-0.15, -0.1) is 11.3 Å². The van der Waals surface area contributed by atoms with Crippen molar-refractivity contribution >= 4 is 22.9 Å². The fourth-order valence-electron chi connectivity index (χ4n) is 3.36. The monoisotopic (exact) mass is 410 g/mol. The highest BCUT2D eigenvalue weighted by atomic mass is 32.1. The van der Waals surface area contributed by atoms with Crippen LogP contribution in [0.2, 0.25) is 0 Å². The standard InChI is InChI=1S/C21H22N4O3S/c1-28-17-6-4-16(5-7-17)23-8-10-24(11-9-23)21(27)14-25-15-22-18(13-20(25)26)19-3-2-12-29-19/h2-7,12-13,15H,8-11,14H2,1H3. The minimum absolute atomic E-state index is 0.0130. The molecule has 8 heteroatoms. The van der Waals surface area contributed by atoms with Crippen LogP contribution in [-0.4, -0.2) is 53.6 Å². The lowest BCUT2D eigenvalue weighted by Crippen LogP contribution is -2.50. The first-order chi connectivity index (χ1) is 14.1. The first-order valence-corrected chi connectivity index (χ1v) is 10.3. The van der Waals surface area contributed by atoms with Crippen molar-refractivity contribution in [3.05, 3.63) is 64.5 Å². The molecule has 0 aliphatic carbocycles. The van der Waals surface area contributed by atoms with Crippen LogP contribution in [0.4, 0.5) is 5.69 Å². The Kier molecular flexibility index (Phi) is 5.62. The molecule has 150 valence electrons. The second kappa shape index (κ2) is 8.48. The van der Waals surface area contributed by atoms with Gasteiger partial charge < -0.3 is 14.5 Å². The third kappa shape index (κ3) is 4.32. The SMILES string of the molecule is COc1ccc(N2CCN(C(=O)Cn3cnc(-c4cccs4)cc3=O)CC2)cc1. The van der Waals surface area contributed by atoms with Gasteiger partial charge in [0, 0.05) is 37.9 Å². The molecule has 0 N–H and O–H groups in total. The highest BCUT2D eigenvalue weighted by molar-refractivity contribution is 7.13. The van der Waals surface area contributed by atoms with Gasteiger partial charge in [-0.3, -0.25) is 14.2 Å². The third-order valence-electron chi connectivity index (χ3n) is 5.03. The lowest BCUT2D eigenvalue weighted by atomic mass is 10.2. The molecule has 1 aliphatic heterocycles. The lowest BCUT2D eigenvalue weighted by Gasteiger charge is -2.36. The van der Waals surface area contributed by atoms with E-state index in [9.17, 15) is 9.59 Å². The maximum atomic E-state index is 12.7. The van der Waals surface area contributed by atoms with Crippen LogP contribution in [-0.2, 0) is 11.3 Å². The van der Waals surface area contributed by atoms with Gasteiger partial charge in [0.05, 0.1) is 24.0 Å². The lowest BCUT2D eigenvalue weighted by molar-refractivity contribution is -0.132. The molecule has 4 rings (SSSR count). The summed E-state index contributed by atoms with van der Waals surface area (Å²) in [5.74, 6) is 0.763. The number of aromatic nitrogens is 2. The van der Waals surface area contributed by atoms with E-state index in [1.54, 1.807) is 12.0 Å². The van der Waals surface area contributed by atoms with Gasteiger partial charge in [0.25, 0.3) is 5.56 Å². The normalized spacial score (nSPS) is 14.1. The van der Waals surface area contributed by atoms with E-state index in [-0.39, 0.29) is 18.0 Å². The summed E-state index contributed by atoms with van der Waals surface area (Å²) >= 11 is 1.53. The van der Waals surface area contributed by atoms with E-state index in [2.05, 4.69) is 9.88 Å². The van der Waals surface area contributed by atoms with Crippen molar-refractivity contribution < 1.29 is 9.53 Å². The first-order valence-electron chi connectivity index (χ1n) is 9.41. The van der Waals surface area contributed by atoms with E-state index in [1.165, 1.54) is 28.3 Å². The first kappa shape index (κ1) is 19.2. The molecule has 1 amide bonds. The van der Waals surface area contributed by atoms with Crippen LogP contribution in [0.3, 0.4) is 0 Å². The summed E-state index contributed by atoms with van der Waals surface area (Å²) < 4.78 is 6.57. The molecule has 29 heavy (non-hydrogen) atoms. The van der Waals surface area contributed by atoms with Crippen molar-refractivity contribution in [1.82, 2.24) is 14.5 Å². The average molecular weight is 410 g/mol. The molecular formula is C21H22N4O3S. The van der Waals surface area contributed by atoms with Crippen molar-refractivity contribution in [3.63, 3.8) is 0 Å². The summed E-state index contributed by atoms with van der Waals surface area (Å²) in [5.41, 5.74) is 1.54. The number of methoxy groups -OCH3 is 1. The number of thiophene rings is 1. The molecule has 1 aromatic carbocycles. The highest BCUT2D eigenvalue weighted by Crippen LogP contribution is 2.21. The molecule has 3 aromatic rings. The highest BCUT2D eigenvalue weighted by Gasteiger charge is 2.22. The molecule has 2 aromatic heterocycles. The van der Waals surface area contributed by atoms with E-state index in [1.807, 2.05) is 41.8 Å². The third-order valence-corrected chi connectivity index (χ3v) is 5.92. The zero-order valence-corrected chi connectivity index (χ0v) is 17.0. The zero-order chi connectivity index (χ0) is 20.2. The van der Waals surface area contributed by atoms with Gasteiger partial charge in [0.15, 0.2) is 0 Å². The fraction of sp³-hybridized carbons (Fsp3) is 0.286. The molecule has 1 saturated heterocycles. The minimum atomic E-state index is -0.214. The van der Waals surface area contributed by atoms with E-state index in [0.29, 0.717) is 18.8 Å². The summed E-state index contributed by atoms with van der Waals surface area (Å²) in [6.07, 6.45) is 1.46. The van der Waals surface area contributed by atoms with Crippen molar-refractivity contribution in [2.75, 3.05) is 38.2 Å². The van der Waals surface area contributed by atoms with Gasteiger partial charge in [-0.1, -0.05) is 6.07 Å². The van der Waals surface area contributed by atoms with Crippen LogP contribution in [0.15, 0.2) is 59.0 Å². The van der Waals surface area contributed by atoms with E-state index >= 15 is 0 Å². The van der Waals surface area contributed by atoms with Crippen molar-refractivity contribution in [1.29, 1.82) is 0 Å². The molecule has 0 saturated carbocycles. The van der Waals surface area contributed by atoms with Gasteiger partial charge in [-0.05, 0) is 35.7 Å². The second-order valence-corrected chi connectivity index (χ2v) is 7.73. The molecule has 3 heterocycles. The minimum Gasteiger partial charge on any atom is -0.497 e. The van der Waals surface area contributed by atoms with Crippen molar-refractivity contribution in [2.45, 2.75) is 6.54 Å². The number of carbonyl (C=O) groups is 1. The number of piperazine rings is 1. The molecular weight excluding hydrogens is 388 g/mol. The quantitative estimate of drug-likeness (QED) is 0.646. The summed E-state index contributed by atoms with van der Waals surface area (Å²) in [5, 5.41) is 1.94. The number of ether oxygens (including phenoxy) is 1. The predicted molar refractivity (Wildman–Crippen MR) is 114 cm³/mol. The van der Waals surface area contributed by atoms with Crippen LogP contribution in [0.5, 0.6) is 5.75 Å². The second-order valence-electron chi connectivity index (χ2n) is 6.78. The van der Waals surface area contributed by atoms with Crippen LogP contribution in [0, 0.1) is 0 Å². The number of rotatable bonds is 5. The molecule has 0 unspecified atom stereocenters. The summed E-state index contributed by atoms with van der Waals surface area (Å²) in [6.45, 7) is 2.77. The predicted octanol–water partition coefficient (Wildman–Crippen LogP) is 2.33. The molecule has 0 spiro atoms. The largest absolute Gasteiger partial charge is 0.497 e. The molecule has 1 fully saturated rings. The molecule has 7 nitrogen and oxygen atoms in total. The van der Waals surface area contributed by atoms with E-state index in [4.69, 9.17) is 4.74 Å². The Balaban J connectivity index is 1.35. The van der Waals surface area contributed by atoms with Gasteiger partial charge in [-0.25, -0.2) is 4.98 Å². The Morgan fingerprint density at radius 2 is 1.90 bits per heavy atom. The Morgan fingerprint density at radius 1 is 1.14 bits per heavy atom. The van der Waals surface area contributed by atoms with Crippen molar-refractivity contribution in [3.8, 4) is 16.3 Å². The van der Waals surface area contributed by atoms with Crippen LogP contribution in [0.1, 0.15) is 0 Å². The average Bonchev–Trinajstić information content (AvgIpc) is 3.30. The maximum Gasteiger partial charge on any atom is 0.254 e. The van der Waals surface area contributed by atoms with E-state index in [0.717, 1.165) is 29.4 Å². The Hall–Kier alpha value is -3.13.